The number of fused-ring (bicyclic) bond motifs is 1. The quantitative estimate of drug-likeness (QED) is 0.723. The summed E-state index contributed by atoms with van der Waals surface area (Å²) in [5, 5.41) is 4.80. The van der Waals surface area contributed by atoms with E-state index < -0.39 is 18.8 Å². The van der Waals surface area contributed by atoms with Gasteiger partial charge in [-0.1, -0.05) is 0 Å². The number of rotatable bonds is 5. The van der Waals surface area contributed by atoms with Crippen molar-refractivity contribution in [3.63, 3.8) is 0 Å². The predicted octanol–water partition coefficient (Wildman–Crippen LogP) is 4.07. The molecule has 0 aromatic carbocycles. The van der Waals surface area contributed by atoms with Crippen molar-refractivity contribution in [2.24, 2.45) is 7.05 Å². The molecule has 3 heterocycles. The Morgan fingerprint density at radius 1 is 1.38 bits per heavy atom. The normalized spacial score (nSPS) is 13.0. The molecule has 1 N–H and O–H groups in total. The van der Waals surface area contributed by atoms with Gasteiger partial charge in [0.2, 0.25) is 0 Å². The average Bonchev–Trinajstić information content (AvgIpc) is 3.16. The van der Waals surface area contributed by atoms with Crippen molar-refractivity contribution in [2.75, 3.05) is 6.61 Å². The van der Waals surface area contributed by atoms with Gasteiger partial charge in [0.05, 0.1) is 28.1 Å². The highest BCUT2D eigenvalue weighted by atomic mass is 32.1. The molecule has 0 radical (unpaired) electrons. The largest absolute Gasteiger partial charge is 0.483 e. The fraction of sp³-hybridized carbons (Fsp3) is 0.294. The number of hydrogen-bond donors (Lipinski definition) is 1. The lowest BCUT2D eigenvalue weighted by atomic mass is 10.2. The molecular formula is C17H16F3N3O2S. The van der Waals surface area contributed by atoms with Gasteiger partial charge < -0.3 is 14.6 Å². The van der Waals surface area contributed by atoms with Gasteiger partial charge in [0.15, 0.2) is 6.61 Å². The van der Waals surface area contributed by atoms with Gasteiger partial charge in [-0.25, -0.2) is 0 Å². The number of halogens is 3. The summed E-state index contributed by atoms with van der Waals surface area (Å²) in [6.45, 7) is 0.382. The van der Waals surface area contributed by atoms with Crippen LogP contribution in [0.3, 0.4) is 0 Å². The van der Waals surface area contributed by atoms with E-state index in [1.807, 2.05) is 29.1 Å². The molecule has 0 spiro atoms. The van der Waals surface area contributed by atoms with Gasteiger partial charge in [-0.05, 0) is 36.6 Å². The number of thiophene rings is 1. The summed E-state index contributed by atoms with van der Waals surface area (Å²) in [7, 11) is 1.82. The molecule has 5 nitrogen and oxygen atoms in total. The van der Waals surface area contributed by atoms with E-state index in [0.29, 0.717) is 11.4 Å². The maximum atomic E-state index is 12.5. The third kappa shape index (κ3) is 3.98. The molecule has 0 bridgehead atoms. The van der Waals surface area contributed by atoms with Gasteiger partial charge >= 0.3 is 6.18 Å². The van der Waals surface area contributed by atoms with Crippen LogP contribution in [0.15, 0.2) is 35.8 Å². The number of aromatic nitrogens is 2. The molecule has 26 heavy (non-hydrogen) atoms. The predicted molar refractivity (Wildman–Crippen MR) is 92.5 cm³/mol. The molecule has 0 aliphatic heterocycles. The van der Waals surface area contributed by atoms with Gasteiger partial charge in [-0.3, -0.25) is 9.78 Å². The molecule has 3 rings (SSSR count). The molecule has 1 atom stereocenters. The summed E-state index contributed by atoms with van der Waals surface area (Å²) in [6.07, 6.45) is -3.19. The Morgan fingerprint density at radius 2 is 2.15 bits per heavy atom. The van der Waals surface area contributed by atoms with E-state index in [9.17, 15) is 18.0 Å². The number of nitrogens with one attached hydrogen (secondary N) is 1. The number of carbonyl (C=O) groups excluding carboxylic acids is 1. The second-order valence-electron chi connectivity index (χ2n) is 5.78. The molecule has 0 saturated heterocycles. The number of hydrogen-bond acceptors (Lipinski definition) is 4. The summed E-state index contributed by atoms with van der Waals surface area (Å²) in [5.74, 6) is -0.227. The Morgan fingerprint density at radius 3 is 2.77 bits per heavy atom. The van der Waals surface area contributed by atoms with Gasteiger partial charge in [0.1, 0.15) is 11.4 Å². The summed E-state index contributed by atoms with van der Waals surface area (Å²) in [5.41, 5.74) is 2.04. The third-order valence-corrected chi connectivity index (χ3v) is 4.70. The number of pyridine rings is 1. The first-order chi connectivity index (χ1) is 12.2. The first-order valence-corrected chi connectivity index (χ1v) is 8.62. The summed E-state index contributed by atoms with van der Waals surface area (Å²) in [4.78, 5) is 16.6. The number of carbonyl (C=O) groups is 1. The number of nitrogens with zero attached hydrogens (tertiary/aromatic N) is 2. The molecule has 138 valence electrons. The minimum atomic E-state index is -4.40. The minimum Gasteiger partial charge on any atom is -0.483 e. The molecule has 1 unspecified atom stereocenters. The van der Waals surface area contributed by atoms with Gasteiger partial charge in [0, 0.05) is 7.05 Å². The number of amides is 1. The average molecular weight is 383 g/mol. The fourth-order valence-corrected chi connectivity index (χ4v) is 3.36. The first-order valence-electron chi connectivity index (χ1n) is 7.74. The van der Waals surface area contributed by atoms with E-state index >= 15 is 0 Å². The van der Waals surface area contributed by atoms with Gasteiger partial charge in [-0.2, -0.15) is 13.2 Å². The lowest BCUT2D eigenvalue weighted by Crippen LogP contribution is -2.28. The molecule has 0 saturated carbocycles. The Labute approximate surface area is 151 Å². The second kappa shape index (κ2) is 6.99. The van der Waals surface area contributed by atoms with Crippen LogP contribution in [0.25, 0.3) is 10.2 Å². The highest BCUT2D eigenvalue weighted by Gasteiger charge is 2.28. The summed E-state index contributed by atoms with van der Waals surface area (Å²) >= 11 is 1.56. The van der Waals surface area contributed by atoms with Crippen molar-refractivity contribution in [1.29, 1.82) is 0 Å². The van der Waals surface area contributed by atoms with Crippen molar-refractivity contribution in [2.45, 2.75) is 19.1 Å². The maximum Gasteiger partial charge on any atom is 0.422 e. The van der Waals surface area contributed by atoms with E-state index in [0.717, 1.165) is 10.2 Å². The Hall–Kier alpha value is -2.55. The van der Waals surface area contributed by atoms with Crippen LogP contribution in [0.1, 0.15) is 29.1 Å². The zero-order valence-corrected chi connectivity index (χ0v) is 14.8. The number of ether oxygens (including phenoxy) is 1. The highest BCUT2D eigenvalue weighted by molar-refractivity contribution is 7.17. The molecule has 3 aromatic heterocycles. The van der Waals surface area contributed by atoms with Crippen molar-refractivity contribution in [1.82, 2.24) is 14.9 Å². The van der Waals surface area contributed by atoms with Crippen molar-refractivity contribution in [3.05, 3.63) is 47.2 Å². The van der Waals surface area contributed by atoms with Crippen LogP contribution >= 0.6 is 11.3 Å². The smallest absolute Gasteiger partial charge is 0.422 e. The summed E-state index contributed by atoms with van der Waals surface area (Å²) < 4.78 is 43.9. The van der Waals surface area contributed by atoms with Crippen LogP contribution in [0.2, 0.25) is 0 Å². The van der Waals surface area contributed by atoms with Crippen LogP contribution in [0, 0.1) is 0 Å². The van der Waals surface area contributed by atoms with Crippen LogP contribution in [-0.4, -0.2) is 28.2 Å². The Kier molecular flexibility index (Phi) is 4.90. The lowest BCUT2D eigenvalue weighted by molar-refractivity contribution is -0.153. The van der Waals surface area contributed by atoms with E-state index in [4.69, 9.17) is 0 Å². The molecule has 0 aliphatic carbocycles. The monoisotopic (exact) mass is 383 g/mol. The maximum absolute atomic E-state index is 12.5. The van der Waals surface area contributed by atoms with E-state index in [1.54, 1.807) is 18.3 Å². The van der Waals surface area contributed by atoms with Crippen molar-refractivity contribution in [3.8, 4) is 5.75 Å². The van der Waals surface area contributed by atoms with Crippen LogP contribution in [-0.2, 0) is 7.05 Å². The fourth-order valence-electron chi connectivity index (χ4n) is 2.51. The zero-order chi connectivity index (χ0) is 18.9. The Balaban J connectivity index is 1.65. The van der Waals surface area contributed by atoms with Crippen LogP contribution < -0.4 is 10.1 Å². The molecule has 0 aliphatic rings. The Bertz CT molecular complexity index is 916. The molecular weight excluding hydrogens is 367 g/mol. The third-order valence-electron chi connectivity index (χ3n) is 3.85. The van der Waals surface area contributed by atoms with E-state index in [2.05, 4.69) is 15.0 Å². The second-order valence-corrected chi connectivity index (χ2v) is 6.72. The highest BCUT2D eigenvalue weighted by Crippen LogP contribution is 2.25. The van der Waals surface area contributed by atoms with Gasteiger partial charge in [-0.15, -0.1) is 11.3 Å². The SMILES string of the molecule is CC(NC(=O)c1cc2sccc2n1C)c1ccc(OCC(F)(F)F)cn1. The number of alkyl halides is 3. The molecule has 3 aromatic rings. The molecule has 1 amide bonds. The van der Waals surface area contributed by atoms with E-state index in [1.165, 1.54) is 18.3 Å². The topological polar surface area (TPSA) is 56.2 Å². The van der Waals surface area contributed by atoms with Crippen LogP contribution in [0.5, 0.6) is 5.75 Å². The van der Waals surface area contributed by atoms with Crippen molar-refractivity contribution < 1.29 is 22.7 Å². The lowest BCUT2D eigenvalue weighted by Gasteiger charge is -2.15. The minimum absolute atomic E-state index is 0.0206. The van der Waals surface area contributed by atoms with Crippen molar-refractivity contribution >= 4 is 27.5 Å². The molecule has 9 heteroatoms. The number of aryl methyl sites for hydroxylation is 1. The first kappa shape index (κ1) is 18.2. The zero-order valence-electron chi connectivity index (χ0n) is 14.0. The standard InChI is InChI=1S/C17H16F3N3O2S/c1-10(12-4-3-11(8-21-12)25-9-17(18,19)20)22-16(24)14-7-15-13(23(14)2)5-6-26-15/h3-8,10H,9H2,1-2H3,(H,22,24). The summed E-state index contributed by atoms with van der Waals surface area (Å²) in [6, 6.07) is 6.28. The van der Waals surface area contributed by atoms with E-state index in [-0.39, 0.29) is 11.7 Å². The van der Waals surface area contributed by atoms with Crippen LogP contribution in [0.4, 0.5) is 13.2 Å². The molecule has 0 fully saturated rings. The van der Waals surface area contributed by atoms with Gasteiger partial charge in [0.25, 0.3) is 5.91 Å².